The summed E-state index contributed by atoms with van der Waals surface area (Å²) in [5.41, 5.74) is 0. The summed E-state index contributed by atoms with van der Waals surface area (Å²) in [5.74, 6) is 0. The molecule has 102 valence electrons. The summed E-state index contributed by atoms with van der Waals surface area (Å²) < 4.78 is 36.8. The Hall–Kier alpha value is -0.290. The molecule has 1 N–H and O–H groups in total. The van der Waals surface area contributed by atoms with Gasteiger partial charge < -0.3 is 5.32 Å². The molecule has 2 atom stereocenters. The molecule has 1 fully saturated rings. The maximum absolute atomic E-state index is 12.3. The molecule has 0 aromatic heterocycles. The molecule has 17 heavy (non-hydrogen) atoms. The number of rotatable bonds is 5. The zero-order valence-corrected chi connectivity index (χ0v) is 10.7. The Morgan fingerprint density at radius 1 is 1.29 bits per heavy atom. The van der Waals surface area contributed by atoms with Crippen LogP contribution in [0.3, 0.4) is 0 Å². The predicted octanol–water partition coefficient (Wildman–Crippen LogP) is 2.79. The molecule has 1 saturated heterocycles. The molecule has 0 aromatic carbocycles. The first-order valence-electron chi connectivity index (χ1n) is 6.50. The van der Waals surface area contributed by atoms with Gasteiger partial charge in [-0.2, -0.15) is 13.2 Å². The Bertz CT molecular complexity index is 218. The lowest BCUT2D eigenvalue weighted by Crippen LogP contribution is -2.56. The lowest BCUT2D eigenvalue weighted by atomic mass is 10.0. The fourth-order valence-corrected chi connectivity index (χ4v) is 2.36. The molecule has 2 unspecified atom stereocenters. The van der Waals surface area contributed by atoms with Crippen molar-refractivity contribution in [3.8, 4) is 0 Å². The Morgan fingerprint density at radius 3 is 2.53 bits per heavy atom. The third kappa shape index (κ3) is 5.25. The average Bonchev–Trinajstić information content (AvgIpc) is 2.27. The number of nitrogens with zero attached hydrogens (tertiary/aromatic N) is 1. The lowest BCUT2D eigenvalue weighted by Gasteiger charge is -2.40. The molecule has 0 saturated carbocycles. The van der Waals surface area contributed by atoms with E-state index in [1.165, 1.54) is 0 Å². The van der Waals surface area contributed by atoms with Crippen LogP contribution in [0, 0.1) is 0 Å². The number of halogens is 3. The van der Waals surface area contributed by atoms with Crippen molar-refractivity contribution in [2.75, 3.05) is 19.6 Å². The van der Waals surface area contributed by atoms with Crippen LogP contribution < -0.4 is 5.32 Å². The Morgan fingerprint density at radius 2 is 2.00 bits per heavy atom. The van der Waals surface area contributed by atoms with Crippen molar-refractivity contribution < 1.29 is 13.2 Å². The zero-order valence-electron chi connectivity index (χ0n) is 10.7. The molecule has 1 aliphatic heterocycles. The Balaban J connectivity index is 2.48. The Kier molecular flexibility index (Phi) is 5.73. The van der Waals surface area contributed by atoms with Crippen LogP contribution in [0.2, 0.25) is 0 Å². The second kappa shape index (κ2) is 6.59. The van der Waals surface area contributed by atoms with E-state index in [1.54, 1.807) is 0 Å². The fraction of sp³-hybridized carbons (Fsp3) is 1.00. The summed E-state index contributed by atoms with van der Waals surface area (Å²) in [5, 5.41) is 3.41. The second-order valence-electron chi connectivity index (χ2n) is 4.82. The van der Waals surface area contributed by atoms with Gasteiger partial charge in [-0.05, 0) is 12.8 Å². The highest BCUT2D eigenvalue weighted by Gasteiger charge is 2.32. The highest BCUT2D eigenvalue weighted by Crippen LogP contribution is 2.22. The van der Waals surface area contributed by atoms with Gasteiger partial charge in [0.05, 0.1) is 6.42 Å². The number of piperazine rings is 1. The molecule has 1 aliphatic rings. The van der Waals surface area contributed by atoms with Crippen molar-refractivity contribution in [1.82, 2.24) is 10.2 Å². The first kappa shape index (κ1) is 14.8. The van der Waals surface area contributed by atoms with Crippen molar-refractivity contribution in [1.29, 1.82) is 0 Å². The van der Waals surface area contributed by atoms with Crippen LogP contribution in [0.15, 0.2) is 0 Å². The van der Waals surface area contributed by atoms with E-state index >= 15 is 0 Å². The zero-order chi connectivity index (χ0) is 12.9. The van der Waals surface area contributed by atoms with Crippen LogP contribution in [0.4, 0.5) is 13.2 Å². The monoisotopic (exact) mass is 252 g/mol. The molecule has 0 amide bonds. The van der Waals surface area contributed by atoms with E-state index in [0.717, 1.165) is 32.4 Å². The Labute approximate surface area is 102 Å². The molecule has 0 aliphatic carbocycles. The summed E-state index contributed by atoms with van der Waals surface area (Å²) in [6, 6.07) is 0.612. The average molecular weight is 252 g/mol. The van der Waals surface area contributed by atoms with Crippen LogP contribution in [0.25, 0.3) is 0 Å². The molecule has 1 heterocycles. The predicted molar refractivity (Wildman–Crippen MR) is 63.0 cm³/mol. The van der Waals surface area contributed by atoms with Crippen LogP contribution in [0.5, 0.6) is 0 Å². The first-order valence-corrected chi connectivity index (χ1v) is 6.50. The summed E-state index contributed by atoms with van der Waals surface area (Å²) in [6.07, 6.45) is -1.76. The molecule has 1 rings (SSSR count). The SMILES string of the molecule is CCCC1CNC(CC)CN1CCC(F)(F)F. The van der Waals surface area contributed by atoms with Gasteiger partial charge in [0, 0.05) is 31.7 Å². The van der Waals surface area contributed by atoms with Gasteiger partial charge in [-0.1, -0.05) is 20.3 Å². The maximum Gasteiger partial charge on any atom is 0.390 e. The van der Waals surface area contributed by atoms with E-state index in [-0.39, 0.29) is 12.6 Å². The quantitative estimate of drug-likeness (QED) is 0.809. The topological polar surface area (TPSA) is 15.3 Å². The van der Waals surface area contributed by atoms with E-state index in [9.17, 15) is 13.2 Å². The number of hydrogen-bond donors (Lipinski definition) is 1. The molecule has 0 bridgehead atoms. The summed E-state index contributed by atoms with van der Waals surface area (Å²) in [7, 11) is 0. The molecule has 0 aromatic rings. The summed E-state index contributed by atoms with van der Waals surface area (Å²) in [4.78, 5) is 2.02. The highest BCUT2D eigenvalue weighted by molar-refractivity contribution is 4.85. The smallest absolute Gasteiger partial charge is 0.311 e. The molecule has 5 heteroatoms. The minimum absolute atomic E-state index is 0.145. The van der Waals surface area contributed by atoms with Gasteiger partial charge in [0.25, 0.3) is 0 Å². The maximum atomic E-state index is 12.3. The third-order valence-electron chi connectivity index (χ3n) is 3.41. The van der Waals surface area contributed by atoms with Crippen molar-refractivity contribution >= 4 is 0 Å². The third-order valence-corrected chi connectivity index (χ3v) is 3.41. The van der Waals surface area contributed by atoms with Crippen molar-refractivity contribution in [2.45, 2.75) is 57.8 Å². The van der Waals surface area contributed by atoms with Crippen molar-refractivity contribution in [3.63, 3.8) is 0 Å². The number of nitrogens with one attached hydrogen (secondary N) is 1. The fourth-order valence-electron chi connectivity index (χ4n) is 2.36. The van der Waals surface area contributed by atoms with Gasteiger partial charge in [-0.3, -0.25) is 4.90 Å². The largest absolute Gasteiger partial charge is 0.390 e. The van der Waals surface area contributed by atoms with E-state index in [1.807, 2.05) is 4.90 Å². The van der Waals surface area contributed by atoms with E-state index in [0.29, 0.717) is 6.04 Å². The molecule has 0 spiro atoms. The van der Waals surface area contributed by atoms with E-state index in [4.69, 9.17) is 0 Å². The van der Waals surface area contributed by atoms with Crippen molar-refractivity contribution in [2.24, 2.45) is 0 Å². The van der Waals surface area contributed by atoms with Gasteiger partial charge in [0.2, 0.25) is 0 Å². The lowest BCUT2D eigenvalue weighted by molar-refractivity contribution is -0.140. The van der Waals surface area contributed by atoms with Gasteiger partial charge in [0.1, 0.15) is 0 Å². The van der Waals surface area contributed by atoms with Gasteiger partial charge in [-0.15, -0.1) is 0 Å². The summed E-state index contributed by atoms with van der Waals surface area (Å²) in [6.45, 7) is 5.86. The molecule has 0 radical (unpaired) electrons. The van der Waals surface area contributed by atoms with Crippen LogP contribution in [-0.4, -0.2) is 42.8 Å². The van der Waals surface area contributed by atoms with Gasteiger partial charge >= 0.3 is 6.18 Å². The minimum atomic E-state index is -4.04. The number of hydrogen-bond acceptors (Lipinski definition) is 2. The van der Waals surface area contributed by atoms with Crippen LogP contribution in [-0.2, 0) is 0 Å². The van der Waals surface area contributed by atoms with Crippen molar-refractivity contribution in [3.05, 3.63) is 0 Å². The van der Waals surface area contributed by atoms with Crippen LogP contribution in [0.1, 0.15) is 39.5 Å². The van der Waals surface area contributed by atoms with E-state index < -0.39 is 12.6 Å². The highest BCUT2D eigenvalue weighted by atomic mass is 19.4. The number of alkyl halides is 3. The molecular weight excluding hydrogens is 229 g/mol. The molecular formula is C12H23F3N2. The van der Waals surface area contributed by atoms with Crippen LogP contribution >= 0.6 is 0 Å². The van der Waals surface area contributed by atoms with Gasteiger partial charge in [-0.25, -0.2) is 0 Å². The summed E-state index contributed by atoms with van der Waals surface area (Å²) >= 11 is 0. The normalized spacial score (nSPS) is 27.4. The van der Waals surface area contributed by atoms with E-state index in [2.05, 4.69) is 19.2 Å². The van der Waals surface area contributed by atoms with Gasteiger partial charge in [0.15, 0.2) is 0 Å². The standard InChI is InChI=1S/C12H23F3N2/c1-3-5-11-8-16-10(4-2)9-17(11)7-6-12(13,14)15/h10-11,16H,3-9H2,1-2H3. The second-order valence-corrected chi connectivity index (χ2v) is 4.82. The molecule has 2 nitrogen and oxygen atoms in total. The first-order chi connectivity index (χ1) is 7.96. The minimum Gasteiger partial charge on any atom is -0.311 e.